The zero-order valence-corrected chi connectivity index (χ0v) is 21.2. The number of ether oxygens (including phenoxy) is 1. The molecule has 1 aliphatic heterocycles. The Balaban J connectivity index is 0.000000271. The van der Waals surface area contributed by atoms with Crippen molar-refractivity contribution in [3.8, 4) is 17.8 Å². The second-order valence-electron chi connectivity index (χ2n) is 9.23. The maximum atomic E-state index is 13.4. The number of fused-ring (bicyclic) bond motifs is 3. The minimum absolute atomic E-state index is 0.284. The van der Waals surface area contributed by atoms with E-state index < -0.39 is 5.54 Å². The lowest BCUT2D eigenvalue weighted by molar-refractivity contribution is 0.0935. The van der Waals surface area contributed by atoms with E-state index in [2.05, 4.69) is 18.3 Å². The number of aliphatic hydroxyl groups is 1. The summed E-state index contributed by atoms with van der Waals surface area (Å²) in [7, 11) is 3.60. The molecule has 1 unspecified atom stereocenters. The number of halogens is 1. The maximum Gasteiger partial charge on any atom is 0.276 e. The summed E-state index contributed by atoms with van der Waals surface area (Å²) in [6, 6.07) is 9.36. The fourth-order valence-corrected chi connectivity index (χ4v) is 5.21. The van der Waals surface area contributed by atoms with Crippen LogP contribution >= 0.6 is 11.6 Å². The lowest BCUT2D eigenvalue weighted by Gasteiger charge is -2.42. The first kappa shape index (κ1) is 25.0. The Morgan fingerprint density at radius 2 is 1.94 bits per heavy atom. The first-order valence-corrected chi connectivity index (χ1v) is 12.4. The van der Waals surface area contributed by atoms with Gasteiger partial charge in [0.25, 0.3) is 5.91 Å². The number of nitrogens with one attached hydrogen (secondary N) is 1. The molecule has 186 valence electrons. The normalized spacial score (nSPS) is 20.3. The fourth-order valence-electron chi connectivity index (χ4n) is 5.04. The van der Waals surface area contributed by atoms with Gasteiger partial charge in [-0.25, -0.2) is 0 Å². The van der Waals surface area contributed by atoms with Crippen molar-refractivity contribution in [1.82, 2.24) is 9.88 Å². The number of aliphatic hydroxyl groups excluding tert-OH is 1. The average Bonchev–Trinajstić information content (AvgIpc) is 3.32. The molecule has 1 fully saturated rings. The molecule has 35 heavy (non-hydrogen) atoms. The van der Waals surface area contributed by atoms with Crippen LogP contribution in [-0.2, 0) is 6.54 Å². The third-order valence-electron chi connectivity index (χ3n) is 6.87. The van der Waals surface area contributed by atoms with E-state index in [1.807, 2.05) is 10.7 Å². The summed E-state index contributed by atoms with van der Waals surface area (Å²) in [5.41, 5.74) is 1.36. The molecule has 1 saturated carbocycles. The minimum atomic E-state index is -1.01. The average molecular weight is 498 g/mol. The molecule has 8 heteroatoms. The van der Waals surface area contributed by atoms with E-state index >= 15 is 0 Å². The first-order chi connectivity index (χ1) is 16.9. The van der Waals surface area contributed by atoms with Gasteiger partial charge >= 0.3 is 0 Å². The third kappa shape index (κ3) is 5.00. The Morgan fingerprint density at radius 3 is 2.60 bits per heavy atom. The highest BCUT2D eigenvalue weighted by Crippen LogP contribution is 2.40. The van der Waals surface area contributed by atoms with Crippen molar-refractivity contribution in [2.45, 2.75) is 63.6 Å². The number of carbonyl (C=O) groups excluding carboxylic acids is 1. The number of hydrogen-bond acceptors (Lipinski definition) is 5. The van der Waals surface area contributed by atoms with Crippen LogP contribution in [0.2, 0.25) is 5.02 Å². The van der Waals surface area contributed by atoms with Crippen LogP contribution in [0.4, 0.5) is 5.69 Å². The number of nitrogens with zero attached hydrogens (tertiary/aromatic N) is 2. The summed E-state index contributed by atoms with van der Waals surface area (Å²) in [6.45, 7) is 2.13. The summed E-state index contributed by atoms with van der Waals surface area (Å²) < 4.78 is 12.7. The van der Waals surface area contributed by atoms with E-state index in [9.17, 15) is 9.90 Å². The van der Waals surface area contributed by atoms with E-state index in [1.54, 1.807) is 43.5 Å². The van der Waals surface area contributed by atoms with Gasteiger partial charge in [-0.05, 0) is 50.9 Å². The van der Waals surface area contributed by atoms with Gasteiger partial charge in [0.05, 0.1) is 31.1 Å². The standard InChI is InChI=1S/C19H15ClN2O4.C8H17N/c1-19(6-7-23)11-21-13-5-8-26-17(13)10-15(21)18(24)22(19)14-9-12(20)3-4-16(14)25-2;1-9-8-6-4-2-3-5-7-8/h3-5,8-10,23H,11H2,1-2H3;8-9H,2-7H2,1H3. The molecule has 3 aromatic rings. The number of amides is 1. The molecule has 1 aliphatic carbocycles. The van der Waals surface area contributed by atoms with Crippen molar-refractivity contribution in [3.63, 3.8) is 0 Å². The molecule has 2 aliphatic rings. The van der Waals surface area contributed by atoms with E-state index in [4.69, 9.17) is 20.8 Å². The molecule has 2 aromatic heterocycles. The maximum absolute atomic E-state index is 13.4. The van der Waals surface area contributed by atoms with Crippen molar-refractivity contribution < 1.29 is 19.1 Å². The summed E-state index contributed by atoms with van der Waals surface area (Å²) in [6.07, 6.45) is 12.1. The van der Waals surface area contributed by atoms with Crippen LogP contribution in [0.15, 0.2) is 41.0 Å². The molecule has 5 rings (SSSR count). The Hall–Kier alpha value is -3.08. The van der Waals surface area contributed by atoms with Gasteiger partial charge in [0.15, 0.2) is 5.58 Å². The van der Waals surface area contributed by atoms with Crippen molar-refractivity contribution in [3.05, 3.63) is 47.3 Å². The van der Waals surface area contributed by atoms with Crippen molar-refractivity contribution in [2.75, 3.05) is 19.1 Å². The minimum Gasteiger partial charge on any atom is -0.495 e. The van der Waals surface area contributed by atoms with Crippen LogP contribution in [0, 0.1) is 12.0 Å². The Kier molecular flexibility index (Phi) is 7.63. The molecule has 0 radical (unpaired) electrons. The van der Waals surface area contributed by atoms with Crippen LogP contribution in [0.3, 0.4) is 0 Å². The topological polar surface area (TPSA) is 79.9 Å². The van der Waals surface area contributed by atoms with Crippen LogP contribution < -0.4 is 15.0 Å². The molecular formula is C27H32ClN3O4. The Morgan fingerprint density at radius 1 is 1.20 bits per heavy atom. The predicted molar refractivity (Wildman–Crippen MR) is 138 cm³/mol. The largest absolute Gasteiger partial charge is 0.495 e. The molecule has 0 saturated heterocycles. The fraction of sp³-hybridized carbons (Fsp3) is 0.444. The molecule has 1 amide bonds. The zero-order chi connectivity index (χ0) is 25.0. The zero-order valence-electron chi connectivity index (χ0n) is 20.4. The highest BCUT2D eigenvalue weighted by molar-refractivity contribution is 6.31. The van der Waals surface area contributed by atoms with Gasteiger partial charge in [-0.3, -0.25) is 9.69 Å². The molecule has 1 aromatic carbocycles. The number of hydrogen-bond donors (Lipinski definition) is 2. The van der Waals surface area contributed by atoms with Crippen LogP contribution in [0.25, 0.3) is 11.1 Å². The second kappa shape index (κ2) is 10.7. The molecule has 0 bridgehead atoms. The van der Waals surface area contributed by atoms with Crippen molar-refractivity contribution in [1.29, 1.82) is 0 Å². The smallest absolute Gasteiger partial charge is 0.276 e. The predicted octanol–water partition coefficient (Wildman–Crippen LogP) is 5.58. The number of furan rings is 1. The summed E-state index contributed by atoms with van der Waals surface area (Å²) in [4.78, 5) is 14.9. The molecular weight excluding hydrogens is 466 g/mol. The lowest BCUT2D eigenvalue weighted by Crippen LogP contribution is -2.56. The van der Waals surface area contributed by atoms with Gasteiger partial charge in [-0.1, -0.05) is 37.3 Å². The van der Waals surface area contributed by atoms with Crippen molar-refractivity contribution >= 4 is 34.3 Å². The Labute approximate surface area is 211 Å². The van der Waals surface area contributed by atoms with E-state index in [0.29, 0.717) is 34.3 Å². The molecule has 1 atom stereocenters. The van der Waals surface area contributed by atoms with E-state index in [0.717, 1.165) is 11.6 Å². The van der Waals surface area contributed by atoms with Gasteiger partial charge in [-0.2, -0.15) is 0 Å². The first-order valence-electron chi connectivity index (χ1n) is 12.0. The van der Waals surface area contributed by atoms with Crippen LogP contribution in [-0.4, -0.2) is 41.3 Å². The SMILES string of the molecule is CNC1CCCCCC1.COc1ccc(Cl)cc1N1C(=O)c2cc3occc3n2CC1(C)C#CO. The summed E-state index contributed by atoms with van der Waals surface area (Å²) >= 11 is 6.16. The van der Waals surface area contributed by atoms with Gasteiger partial charge in [-0.15, -0.1) is 0 Å². The number of methoxy groups -OCH3 is 1. The monoisotopic (exact) mass is 497 g/mol. The van der Waals surface area contributed by atoms with Gasteiger partial charge in [0.1, 0.15) is 23.1 Å². The van der Waals surface area contributed by atoms with Crippen molar-refractivity contribution in [2.24, 2.45) is 0 Å². The van der Waals surface area contributed by atoms with Gasteiger partial charge < -0.3 is 24.1 Å². The summed E-state index contributed by atoms with van der Waals surface area (Å²) in [5, 5.41) is 13.1. The molecule has 7 nitrogen and oxygen atoms in total. The van der Waals surface area contributed by atoms with E-state index in [1.165, 1.54) is 50.5 Å². The lowest BCUT2D eigenvalue weighted by atomic mass is 9.95. The van der Waals surface area contributed by atoms with Crippen LogP contribution in [0.1, 0.15) is 55.9 Å². The van der Waals surface area contributed by atoms with Gasteiger partial charge in [0.2, 0.25) is 0 Å². The molecule has 3 heterocycles. The molecule has 2 N–H and O–H groups in total. The number of carbonyl (C=O) groups is 1. The number of rotatable bonds is 3. The second-order valence-corrected chi connectivity index (χ2v) is 9.67. The Bertz CT molecular complexity index is 1250. The highest BCUT2D eigenvalue weighted by atomic mass is 35.5. The quantitative estimate of drug-likeness (QED) is 0.365. The van der Waals surface area contributed by atoms with Crippen LogP contribution in [0.5, 0.6) is 5.75 Å². The third-order valence-corrected chi connectivity index (χ3v) is 7.11. The number of aromatic nitrogens is 1. The van der Waals surface area contributed by atoms with Gasteiger partial charge in [0, 0.05) is 23.2 Å². The number of benzene rings is 1. The highest BCUT2D eigenvalue weighted by Gasteiger charge is 2.44. The number of anilines is 1. The van der Waals surface area contributed by atoms with E-state index in [-0.39, 0.29) is 5.91 Å². The summed E-state index contributed by atoms with van der Waals surface area (Å²) in [5.74, 6) is 2.96. The molecule has 0 spiro atoms.